The van der Waals surface area contributed by atoms with Crippen LogP contribution in [0.2, 0.25) is 0 Å². The molecule has 0 aromatic heterocycles. The standard InChI is InChI=1S/C26H19Si.CH2.Bi/c1-2-18-15-16-22-21-11-5-8-14-25(21)27(26(22)17-18)23-12-6-3-9-19(23)20-10-4-7-13-24(20)27;;/h3-7,9-17H,2H2,1H3;1H2;. The van der Waals surface area contributed by atoms with E-state index in [2.05, 4.69) is 96.1 Å². The minimum absolute atomic E-state index is 0.831. The normalized spacial score (nSPS) is 14.2. The number of benzene rings is 4. The Kier molecular flexibility index (Phi) is 3.92. The van der Waals surface area contributed by atoms with Crippen LogP contribution in [0.3, 0.4) is 0 Å². The summed E-state index contributed by atoms with van der Waals surface area (Å²) in [4.78, 5) is 0. The van der Waals surface area contributed by atoms with Gasteiger partial charge in [-0.15, -0.1) is 0 Å². The third-order valence-electron chi connectivity index (χ3n) is 6.73. The zero-order valence-electron chi connectivity index (χ0n) is 16.4. The fourth-order valence-electron chi connectivity index (χ4n) is 5.49. The second-order valence-electron chi connectivity index (χ2n) is 7.96. The quantitative estimate of drug-likeness (QED) is 0.275. The van der Waals surface area contributed by atoms with E-state index in [1.54, 1.807) is 20.7 Å². The summed E-state index contributed by atoms with van der Waals surface area (Å²) in [6.07, 6.45) is 1.08. The van der Waals surface area contributed by atoms with Gasteiger partial charge in [0, 0.05) is 0 Å². The summed E-state index contributed by atoms with van der Waals surface area (Å²) in [7, 11) is -2.25. The molecule has 2 aliphatic rings. The van der Waals surface area contributed by atoms with E-state index in [9.17, 15) is 0 Å². The van der Waals surface area contributed by atoms with Gasteiger partial charge in [0.15, 0.2) is 0 Å². The second-order valence-corrected chi connectivity index (χ2v) is 14.9. The maximum absolute atomic E-state index is 4.36. The van der Waals surface area contributed by atoms with Gasteiger partial charge in [0.25, 0.3) is 0 Å². The predicted octanol–water partition coefficient (Wildman–Crippen LogP) is 2.35. The van der Waals surface area contributed by atoms with Crippen molar-refractivity contribution < 1.29 is 0 Å². The van der Waals surface area contributed by atoms with Crippen LogP contribution in [0.1, 0.15) is 12.5 Å². The first-order valence-electron chi connectivity index (χ1n) is 10.2. The fourth-order valence-corrected chi connectivity index (χ4v) is 13.2. The molecular formula is C27H21BiSi. The molecule has 0 amide bonds. The average molecular weight is 583 g/mol. The van der Waals surface area contributed by atoms with Crippen LogP contribution in [0.5, 0.6) is 0 Å². The van der Waals surface area contributed by atoms with Gasteiger partial charge in [0.1, 0.15) is 0 Å². The molecule has 0 N–H and O–H groups in total. The van der Waals surface area contributed by atoms with E-state index in [1.807, 2.05) is 0 Å². The SMILES string of the molecule is [CH2]=[Bi][c]1ccc2c(c1)[Si]1(c3ccccc3-c3ccccc31)c1cc(CC)ccc1-2. The number of rotatable bonds is 2. The fraction of sp³-hybridized carbons (Fsp3) is 0.0741. The van der Waals surface area contributed by atoms with E-state index in [1.165, 1.54) is 31.1 Å². The van der Waals surface area contributed by atoms with Crippen LogP contribution < -0.4 is 24.0 Å². The summed E-state index contributed by atoms with van der Waals surface area (Å²) < 4.78 is 5.87. The number of fused-ring (bicyclic) bond motifs is 10. The Balaban J connectivity index is 1.84. The first-order chi connectivity index (χ1) is 14.3. The van der Waals surface area contributed by atoms with Gasteiger partial charge >= 0.3 is 185 Å². The van der Waals surface area contributed by atoms with E-state index in [0.29, 0.717) is 0 Å². The molecule has 2 aliphatic heterocycles. The van der Waals surface area contributed by atoms with Crippen LogP contribution in [-0.4, -0.2) is 35.0 Å². The maximum atomic E-state index is 4.36. The molecular weight excluding hydrogens is 561 g/mol. The van der Waals surface area contributed by atoms with Crippen molar-refractivity contribution in [3.8, 4) is 22.3 Å². The van der Waals surface area contributed by atoms with Crippen molar-refractivity contribution >= 4 is 59.1 Å². The molecule has 0 bridgehead atoms. The molecule has 0 atom stereocenters. The number of hydrogen-bond donors (Lipinski definition) is 0. The van der Waals surface area contributed by atoms with Crippen molar-refractivity contribution in [1.29, 1.82) is 0 Å². The second kappa shape index (κ2) is 6.42. The molecule has 0 aliphatic carbocycles. The molecule has 1 spiro atoms. The van der Waals surface area contributed by atoms with Gasteiger partial charge in [-0.2, -0.15) is 0 Å². The summed E-state index contributed by atoms with van der Waals surface area (Å²) in [6.45, 7) is 2.27. The molecule has 138 valence electrons. The van der Waals surface area contributed by atoms with E-state index in [4.69, 9.17) is 0 Å². The van der Waals surface area contributed by atoms with Gasteiger partial charge < -0.3 is 0 Å². The molecule has 0 fully saturated rings. The van der Waals surface area contributed by atoms with Gasteiger partial charge in [-0.1, -0.05) is 0 Å². The molecule has 0 unspecified atom stereocenters. The van der Waals surface area contributed by atoms with Crippen molar-refractivity contribution in [2.75, 3.05) is 0 Å². The predicted molar refractivity (Wildman–Crippen MR) is 130 cm³/mol. The molecule has 2 heteroatoms. The summed E-state index contributed by atoms with van der Waals surface area (Å²) in [5.41, 5.74) is 7.24. The summed E-state index contributed by atoms with van der Waals surface area (Å²) in [5, 5.41) is 6.34. The topological polar surface area (TPSA) is 0 Å². The first kappa shape index (κ1) is 17.7. The van der Waals surface area contributed by atoms with Crippen molar-refractivity contribution in [3.63, 3.8) is 0 Å². The molecule has 0 saturated heterocycles. The Hall–Kier alpha value is -2.15. The van der Waals surface area contributed by atoms with Crippen LogP contribution in [0.4, 0.5) is 0 Å². The van der Waals surface area contributed by atoms with Gasteiger partial charge in [0.2, 0.25) is 0 Å². The third kappa shape index (κ3) is 2.19. The Morgan fingerprint density at radius 2 is 1.21 bits per heavy atom. The van der Waals surface area contributed by atoms with E-state index in [0.717, 1.165) is 6.42 Å². The number of hydrogen-bond acceptors (Lipinski definition) is 0. The van der Waals surface area contributed by atoms with Crippen LogP contribution in [-0.2, 0) is 6.42 Å². The Morgan fingerprint density at radius 1 is 0.655 bits per heavy atom. The number of aryl methyl sites for hydroxylation is 1. The Labute approximate surface area is 184 Å². The molecule has 2 heterocycles. The summed E-state index contributed by atoms with van der Waals surface area (Å²) >= 11 is -0.831. The van der Waals surface area contributed by atoms with Crippen LogP contribution in [0.25, 0.3) is 22.3 Å². The summed E-state index contributed by atoms with van der Waals surface area (Å²) in [6, 6.07) is 32.9. The van der Waals surface area contributed by atoms with Crippen LogP contribution in [0.15, 0.2) is 84.9 Å². The van der Waals surface area contributed by atoms with Gasteiger partial charge in [-0.05, 0) is 0 Å². The molecule has 6 rings (SSSR count). The van der Waals surface area contributed by atoms with Crippen molar-refractivity contribution in [1.82, 2.24) is 0 Å². The average Bonchev–Trinajstić information content (AvgIpc) is 3.25. The molecule has 0 radical (unpaired) electrons. The van der Waals surface area contributed by atoms with E-state index in [-0.39, 0.29) is 0 Å². The Bertz CT molecular complexity index is 1270. The molecule has 0 nitrogen and oxygen atoms in total. The summed E-state index contributed by atoms with van der Waals surface area (Å²) in [5.74, 6) is 0. The van der Waals surface area contributed by atoms with Crippen molar-refractivity contribution in [2.45, 2.75) is 13.3 Å². The minimum atomic E-state index is -2.25. The zero-order valence-corrected chi connectivity index (χ0v) is 20.9. The molecule has 29 heavy (non-hydrogen) atoms. The van der Waals surface area contributed by atoms with Crippen molar-refractivity contribution in [3.05, 3.63) is 90.5 Å². The van der Waals surface area contributed by atoms with Gasteiger partial charge in [0.05, 0.1) is 0 Å². The van der Waals surface area contributed by atoms with E-state index >= 15 is 0 Å². The van der Waals surface area contributed by atoms with Crippen molar-refractivity contribution in [2.24, 2.45) is 0 Å². The first-order valence-corrected chi connectivity index (χ1v) is 16.4. The van der Waals surface area contributed by atoms with Gasteiger partial charge in [-0.3, -0.25) is 0 Å². The van der Waals surface area contributed by atoms with Crippen LogP contribution in [0, 0.1) is 0 Å². The van der Waals surface area contributed by atoms with E-state index < -0.39 is 30.8 Å². The molecule has 4 aromatic carbocycles. The third-order valence-corrected chi connectivity index (χ3v) is 14.2. The molecule has 4 aromatic rings. The Morgan fingerprint density at radius 3 is 1.83 bits per heavy atom. The van der Waals surface area contributed by atoms with Gasteiger partial charge in [-0.25, -0.2) is 0 Å². The molecule has 0 saturated carbocycles. The monoisotopic (exact) mass is 582 g/mol. The zero-order chi connectivity index (χ0) is 19.6. The van der Waals surface area contributed by atoms with Crippen LogP contribution >= 0.6 is 0 Å².